The summed E-state index contributed by atoms with van der Waals surface area (Å²) in [7, 11) is 0. The maximum atomic E-state index is 11.5. The summed E-state index contributed by atoms with van der Waals surface area (Å²) >= 11 is 1.46. The third-order valence-electron chi connectivity index (χ3n) is 2.37. The van der Waals surface area contributed by atoms with Crippen molar-refractivity contribution in [3.63, 3.8) is 0 Å². The molecule has 1 saturated heterocycles. The molecule has 3 nitrogen and oxygen atoms in total. The molecule has 4 heteroatoms. The second kappa shape index (κ2) is 4.77. The van der Waals surface area contributed by atoms with Crippen molar-refractivity contribution in [2.45, 2.75) is 25.9 Å². The molecule has 0 aliphatic carbocycles. The van der Waals surface area contributed by atoms with Gasteiger partial charge in [-0.3, -0.25) is 0 Å². The van der Waals surface area contributed by atoms with Gasteiger partial charge in [0.2, 0.25) is 0 Å². The first kappa shape index (κ1) is 10.6. The van der Waals surface area contributed by atoms with Gasteiger partial charge in [-0.1, -0.05) is 0 Å². The van der Waals surface area contributed by atoms with E-state index < -0.39 is 0 Å². The van der Waals surface area contributed by atoms with E-state index in [4.69, 9.17) is 9.47 Å². The zero-order chi connectivity index (χ0) is 10.7. The number of thiophene rings is 1. The van der Waals surface area contributed by atoms with Crippen LogP contribution in [-0.4, -0.2) is 25.3 Å². The lowest BCUT2D eigenvalue weighted by molar-refractivity contribution is 0.0165. The van der Waals surface area contributed by atoms with Gasteiger partial charge in [-0.25, -0.2) is 4.79 Å². The number of hydrogen-bond donors (Lipinski definition) is 0. The Hall–Kier alpha value is -0.870. The Labute approximate surface area is 93.0 Å². The van der Waals surface area contributed by atoms with Gasteiger partial charge in [-0.15, -0.1) is 11.3 Å². The molecule has 1 aromatic rings. The second-order valence-corrected chi connectivity index (χ2v) is 4.93. The molecule has 1 atom stereocenters. The van der Waals surface area contributed by atoms with E-state index in [2.05, 4.69) is 0 Å². The Morgan fingerprint density at radius 3 is 3.13 bits per heavy atom. The molecular formula is C11H14O3S. The topological polar surface area (TPSA) is 35.5 Å². The smallest absolute Gasteiger partial charge is 0.348 e. The van der Waals surface area contributed by atoms with Crippen molar-refractivity contribution in [1.29, 1.82) is 0 Å². The molecule has 0 spiro atoms. The van der Waals surface area contributed by atoms with E-state index in [0.29, 0.717) is 11.5 Å². The number of carbonyl (C=O) groups is 1. The molecule has 0 bridgehead atoms. The summed E-state index contributed by atoms with van der Waals surface area (Å²) < 4.78 is 10.5. The zero-order valence-corrected chi connectivity index (χ0v) is 9.51. The number of carbonyl (C=O) groups excluding carboxylic acids is 1. The van der Waals surface area contributed by atoms with Gasteiger partial charge in [0.1, 0.15) is 11.5 Å². The normalized spacial score (nSPS) is 20.5. The maximum Gasteiger partial charge on any atom is 0.348 e. The minimum Gasteiger partial charge on any atom is -0.459 e. The summed E-state index contributed by atoms with van der Waals surface area (Å²) in [6, 6.07) is 3.73. The molecule has 1 aliphatic heterocycles. The lowest BCUT2D eigenvalue weighted by atomic mass is 10.2. The fourth-order valence-corrected chi connectivity index (χ4v) is 2.32. The highest BCUT2D eigenvalue weighted by atomic mass is 32.1. The van der Waals surface area contributed by atoms with Crippen LogP contribution in [0.15, 0.2) is 12.1 Å². The molecule has 0 N–H and O–H groups in total. The molecule has 2 heterocycles. The lowest BCUT2D eigenvalue weighted by Gasteiger charge is -2.08. The minimum absolute atomic E-state index is 0.106. The van der Waals surface area contributed by atoms with Crippen molar-refractivity contribution < 1.29 is 14.3 Å². The molecule has 0 radical (unpaired) electrons. The van der Waals surface area contributed by atoms with Crippen LogP contribution in [0.3, 0.4) is 0 Å². The van der Waals surface area contributed by atoms with Crippen LogP contribution in [0.2, 0.25) is 0 Å². The molecule has 0 amide bonds. The third kappa shape index (κ3) is 2.79. The van der Waals surface area contributed by atoms with Crippen LogP contribution in [0.1, 0.15) is 27.4 Å². The fourth-order valence-electron chi connectivity index (χ4n) is 1.56. The van der Waals surface area contributed by atoms with Crippen molar-refractivity contribution in [3.05, 3.63) is 21.9 Å². The first-order valence-electron chi connectivity index (χ1n) is 5.11. The standard InChI is InChI=1S/C11H14O3S/c1-8-4-5-10(15-8)11(12)14-7-9-3-2-6-13-9/h4-5,9H,2-3,6-7H2,1H3. The van der Waals surface area contributed by atoms with Crippen LogP contribution in [-0.2, 0) is 9.47 Å². The van der Waals surface area contributed by atoms with Crippen LogP contribution in [0, 0.1) is 6.92 Å². The quantitative estimate of drug-likeness (QED) is 0.742. The predicted octanol–water partition coefficient (Wildman–Crippen LogP) is 2.39. The van der Waals surface area contributed by atoms with Crippen molar-refractivity contribution in [2.75, 3.05) is 13.2 Å². The first-order valence-corrected chi connectivity index (χ1v) is 5.92. The van der Waals surface area contributed by atoms with E-state index in [9.17, 15) is 4.79 Å². The van der Waals surface area contributed by atoms with Gasteiger partial charge in [-0.2, -0.15) is 0 Å². The van der Waals surface area contributed by atoms with E-state index in [1.54, 1.807) is 6.07 Å². The summed E-state index contributed by atoms with van der Waals surface area (Å²) in [6.45, 7) is 3.15. The van der Waals surface area contributed by atoms with Crippen molar-refractivity contribution in [2.24, 2.45) is 0 Å². The zero-order valence-electron chi connectivity index (χ0n) is 8.69. The summed E-state index contributed by atoms with van der Waals surface area (Å²) in [4.78, 5) is 13.3. The largest absolute Gasteiger partial charge is 0.459 e. The van der Waals surface area contributed by atoms with E-state index in [0.717, 1.165) is 24.3 Å². The highest BCUT2D eigenvalue weighted by Gasteiger charge is 2.18. The van der Waals surface area contributed by atoms with E-state index >= 15 is 0 Å². The van der Waals surface area contributed by atoms with Gasteiger partial charge in [0.25, 0.3) is 0 Å². The molecule has 1 fully saturated rings. The SMILES string of the molecule is Cc1ccc(C(=O)OCC2CCCO2)s1. The Balaban J connectivity index is 1.81. The van der Waals surface area contributed by atoms with Crippen LogP contribution >= 0.6 is 11.3 Å². The highest BCUT2D eigenvalue weighted by molar-refractivity contribution is 7.13. The number of ether oxygens (including phenoxy) is 2. The summed E-state index contributed by atoms with van der Waals surface area (Å²) in [5.41, 5.74) is 0. The van der Waals surface area contributed by atoms with Crippen LogP contribution in [0.5, 0.6) is 0 Å². The van der Waals surface area contributed by atoms with Crippen molar-refractivity contribution in [3.8, 4) is 0 Å². The van der Waals surface area contributed by atoms with Gasteiger partial charge in [0.15, 0.2) is 0 Å². The monoisotopic (exact) mass is 226 g/mol. The van der Waals surface area contributed by atoms with Crippen LogP contribution < -0.4 is 0 Å². The molecule has 1 unspecified atom stereocenters. The van der Waals surface area contributed by atoms with E-state index in [1.807, 2.05) is 13.0 Å². The minimum atomic E-state index is -0.233. The number of esters is 1. The number of hydrogen-bond acceptors (Lipinski definition) is 4. The van der Waals surface area contributed by atoms with Gasteiger partial charge in [-0.05, 0) is 31.9 Å². The molecule has 82 valence electrons. The van der Waals surface area contributed by atoms with E-state index in [-0.39, 0.29) is 12.1 Å². The molecule has 0 saturated carbocycles. The summed E-state index contributed by atoms with van der Waals surface area (Å²) in [5.74, 6) is -0.233. The highest BCUT2D eigenvalue weighted by Crippen LogP contribution is 2.17. The van der Waals surface area contributed by atoms with Gasteiger partial charge < -0.3 is 9.47 Å². The Bertz CT molecular complexity index is 339. The Morgan fingerprint density at radius 1 is 1.67 bits per heavy atom. The van der Waals surface area contributed by atoms with Crippen LogP contribution in [0.4, 0.5) is 0 Å². The maximum absolute atomic E-state index is 11.5. The van der Waals surface area contributed by atoms with Gasteiger partial charge in [0, 0.05) is 11.5 Å². The molecule has 0 aromatic carbocycles. The Kier molecular flexibility index (Phi) is 3.38. The third-order valence-corrected chi connectivity index (χ3v) is 3.35. The average molecular weight is 226 g/mol. The molecular weight excluding hydrogens is 212 g/mol. The van der Waals surface area contributed by atoms with Gasteiger partial charge in [0.05, 0.1) is 6.10 Å². The second-order valence-electron chi connectivity index (χ2n) is 3.64. The fraction of sp³-hybridized carbons (Fsp3) is 0.545. The van der Waals surface area contributed by atoms with E-state index in [1.165, 1.54) is 11.3 Å². The van der Waals surface area contributed by atoms with Gasteiger partial charge >= 0.3 is 5.97 Å². The summed E-state index contributed by atoms with van der Waals surface area (Å²) in [6.07, 6.45) is 2.17. The van der Waals surface area contributed by atoms with Crippen LogP contribution in [0.25, 0.3) is 0 Å². The molecule has 1 aliphatic rings. The molecule has 1 aromatic heterocycles. The molecule has 15 heavy (non-hydrogen) atoms. The first-order chi connectivity index (χ1) is 7.25. The Morgan fingerprint density at radius 2 is 2.53 bits per heavy atom. The number of rotatable bonds is 3. The summed E-state index contributed by atoms with van der Waals surface area (Å²) in [5, 5.41) is 0. The lowest BCUT2D eigenvalue weighted by Crippen LogP contribution is -2.17. The average Bonchev–Trinajstić information content (AvgIpc) is 2.84. The van der Waals surface area contributed by atoms with Crippen molar-refractivity contribution in [1.82, 2.24) is 0 Å². The molecule has 2 rings (SSSR count). The van der Waals surface area contributed by atoms with Crippen molar-refractivity contribution >= 4 is 17.3 Å². The number of aryl methyl sites for hydroxylation is 1. The predicted molar refractivity (Wildman–Crippen MR) is 58.3 cm³/mol.